The lowest BCUT2D eigenvalue weighted by Crippen LogP contribution is -2.44. The Morgan fingerprint density at radius 1 is 1.38 bits per heavy atom. The molecule has 0 bridgehead atoms. The van der Waals surface area contributed by atoms with Crippen LogP contribution in [0.4, 0.5) is 0 Å². The van der Waals surface area contributed by atoms with E-state index >= 15 is 0 Å². The van der Waals surface area contributed by atoms with Crippen molar-refractivity contribution in [3.05, 3.63) is 0 Å². The van der Waals surface area contributed by atoms with Gasteiger partial charge in [-0.15, -0.1) is 0 Å². The summed E-state index contributed by atoms with van der Waals surface area (Å²) in [6.45, 7) is 6.07. The van der Waals surface area contributed by atoms with E-state index in [2.05, 4.69) is 19.3 Å². The number of hydrazine groups is 1. The van der Waals surface area contributed by atoms with Crippen LogP contribution in [0.2, 0.25) is 0 Å². The molecule has 0 radical (unpaired) electrons. The first-order valence-corrected chi connectivity index (χ1v) is 5.24. The first-order chi connectivity index (χ1) is 6.20. The maximum absolute atomic E-state index is 11.5. The number of carbonyl (C=O) groups is 1. The average Bonchev–Trinajstić information content (AvgIpc) is 2.27. The molecular formula is C10H20N2O. The van der Waals surface area contributed by atoms with Crippen LogP contribution >= 0.6 is 0 Å². The number of nitrogens with zero attached hydrogens (tertiary/aromatic N) is 1. The topological polar surface area (TPSA) is 32.3 Å². The van der Waals surface area contributed by atoms with Crippen LogP contribution in [0, 0.1) is 5.92 Å². The summed E-state index contributed by atoms with van der Waals surface area (Å²) in [7, 11) is 0. The van der Waals surface area contributed by atoms with Crippen LogP contribution in [0.3, 0.4) is 0 Å². The minimum Gasteiger partial charge on any atom is -0.278 e. The molecule has 0 spiro atoms. The molecule has 13 heavy (non-hydrogen) atoms. The predicted octanol–water partition coefficient (Wildman–Crippen LogP) is 1.55. The van der Waals surface area contributed by atoms with Crippen LogP contribution in [-0.2, 0) is 4.79 Å². The highest BCUT2D eigenvalue weighted by atomic mass is 16.2. The smallest absolute Gasteiger partial charge is 0.236 e. The van der Waals surface area contributed by atoms with E-state index in [0.29, 0.717) is 12.3 Å². The summed E-state index contributed by atoms with van der Waals surface area (Å²) < 4.78 is 0. The standard InChI is InChI=1S/C10H20N2O/c1-9(2)8-11-12-7-5-3-4-6-10(12)13/h9,11H,3-8H2,1-2H3. The maximum atomic E-state index is 11.5. The molecule has 1 aliphatic rings. The highest BCUT2D eigenvalue weighted by molar-refractivity contribution is 5.75. The Hall–Kier alpha value is -0.570. The van der Waals surface area contributed by atoms with Gasteiger partial charge in [-0.2, -0.15) is 0 Å². The molecule has 0 unspecified atom stereocenters. The maximum Gasteiger partial charge on any atom is 0.236 e. The van der Waals surface area contributed by atoms with Crippen molar-refractivity contribution < 1.29 is 4.79 Å². The number of amides is 1. The number of hydrogen-bond donors (Lipinski definition) is 1. The number of rotatable bonds is 3. The van der Waals surface area contributed by atoms with Crippen LogP contribution in [0.5, 0.6) is 0 Å². The SMILES string of the molecule is CC(C)CNN1CCCCCC1=O. The third kappa shape index (κ3) is 3.77. The van der Waals surface area contributed by atoms with Gasteiger partial charge in [-0.3, -0.25) is 9.80 Å². The minimum atomic E-state index is 0.262. The van der Waals surface area contributed by atoms with Crippen LogP contribution < -0.4 is 5.43 Å². The van der Waals surface area contributed by atoms with Gasteiger partial charge in [0.2, 0.25) is 5.91 Å². The van der Waals surface area contributed by atoms with Crippen LogP contribution in [0.1, 0.15) is 39.5 Å². The molecule has 3 nitrogen and oxygen atoms in total. The summed E-state index contributed by atoms with van der Waals surface area (Å²) >= 11 is 0. The molecule has 1 rings (SSSR count). The summed E-state index contributed by atoms with van der Waals surface area (Å²) in [4.78, 5) is 11.5. The van der Waals surface area contributed by atoms with Crippen molar-refractivity contribution in [3.63, 3.8) is 0 Å². The Labute approximate surface area is 80.5 Å². The lowest BCUT2D eigenvalue weighted by atomic mass is 10.2. The third-order valence-corrected chi connectivity index (χ3v) is 2.26. The van der Waals surface area contributed by atoms with Gasteiger partial charge in [0, 0.05) is 19.5 Å². The summed E-state index contributed by atoms with van der Waals surface area (Å²) in [5.41, 5.74) is 3.19. The number of nitrogens with one attached hydrogen (secondary N) is 1. The molecule has 1 amide bonds. The normalized spacial score (nSPS) is 19.3. The van der Waals surface area contributed by atoms with Gasteiger partial charge in [0.15, 0.2) is 0 Å². The van der Waals surface area contributed by atoms with Crippen molar-refractivity contribution in [1.29, 1.82) is 0 Å². The molecule has 0 aromatic heterocycles. The minimum absolute atomic E-state index is 0.262. The summed E-state index contributed by atoms with van der Waals surface area (Å²) in [6.07, 6.45) is 4.09. The molecule has 0 atom stereocenters. The third-order valence-electron chi connectivity index (χ3n) is 2.26. The van der Waals surface area contributed by atoms with E-state index in [1.807, 2.05) is 0 Å². The predicted molar refractivity (Wildman–Crippen MR) is 53.0 cm³/mol. The fraction of sp³-hybridized carbons (Fsp3) is 0.900. The monoisotopic (exact) mass is 184 g/mol. The van der Waals surface area contributed by atoms with Gasteiger partial charge in [0.05, 0.1) is 0 Å². The number of carbonyl (C=O) groups excluding carboxylic acids is 1. The fourth-order valence-electron chi connectivity index (χ4n) is 1.44. The molecule has 0 saturated carbocycles. The van der Waals surface area contributed by atoms with Gasteiger partial charge in [-0.05, 0) is 18.8 Å². The second-order valence-electron chi connectivity index (χ2n) is 4.11. The quantitative estimate of drug-likeness (QED) is 0.721. The lowest BCUT2D eigenvalue weighted by Gasteiger charge is -2.22. The van der Waals surface area contributed by atoms with E-state index in [-0.39, 0.29) is 5.91 Å². The van der Waals surface area contributed by atoms with Crippen molar-refractivity contribution >= 4 is 5.91 Å². The van der Waals surface area contributed by atoms with Crippen LogP contribution in [0.15, 0.2) is 0 Å². The molecule has 1 N–H and O–H groups in total. The van der Waals surface area contributed by atoms with Crippen LogP contribution in [-0.4, -0.2) is 24.0 Å². The highest BCUT2D eigenvalue weighted by Crippen LogP contribution is 2.09. The molecule has 1 heterocycles. The second kappa shape index (κ2) is 5.22. The summed E-state index contributed by atoms with van der Waals surface area (Å²) in [5.74, 6) is 0.856. The van der Waals surface area contributed by atoms with E-state index in [9.17, 15) is 4.79 Å². The fourth-order valence-corrected chi connectivity index (χ4v) is 1.44. The van der Waals surface area contributed by atoms with Crippen molar-refractivity contribution in [2.75, 3.05) is 13.1 Å². The Balaban J connectivity index is 2.32. The van der Waals surface area contributed by atoms with Gasteiger partial charge >= 0.3 is 0 Å². The van der Waals surface area contributed by atoms with Crippen LogP contribution in [0.25, 0.3) is 0 Å². The van der Waals surface area contributed by atoms with E-state index in [4.69, 9.17) is 0 Å². The van der Waals surface area contributed by atoms with Gasteiger partial charge in [-0.1, -0.05) is 20.3 Å². The van der Waals surface area contributed by atoms with E-state index in [0.717, 1.165) is 25.9 Å². The summed E-state index contributed by atoms with van der Waals surface area (Å²) in [5, 5.41) is 1.80. The molecule has 1 aliphatic heterocycles. The second-order valence-corrected chi connectivity index (χ2v) is 4.11. The Morgan fingerprint density at radius 3 is 2.85 bits per heavy atom. The van der Waals surface area contributed by atoms with Gasteiger partial charge in [0.25, 0.3) is 0 Å². The van der Waals surface area contributed by atoms with Crippen molar-refractivity contribution in [1.82, 2.24) is 10.4 Å². The van der Waals surface area contributed by atoms with Gasteiger partial charge in [0.1, 0.15) is 0 Å². The van der Waals surface area contributed by atoms with E-state index in [1.165, 1.54) is 6.42 Å². The zero-order valence-corrected chi connectivity index (χ0v) is 8.68. The first-order valence-electron chi connectivity index (χ1n) is 5.24. The largest absolute Gasteiger partial charge is 0.278 e. The molecule has 0 aromatic rings. The van der Waals surface area contributed by atoms with E-state index < -0.39 is 0 Å². The average molecular weight is 184 g/mol. The Morgan fingerprint density at radius 2 is 2.15 bits per heavy atom. The van der Waals surface area contributed by atoms with Crippen molar-refractivity contribution in [2.24, 2.45) is 5.92 Å². The van der Waals surface area contributed by atoms with Gasteiger partial charge in [-0.25, -0.2) is 5.43 Å². The summed E-state index contributed by atoms with van der Waals surface area (Å²) in [6, 6.07) is 0. The van der Waals surface area contributed by atoms with E-state index in [1.54, 1.807) is 5.01 Å². The van der Waals surface area contributed by atoms with Gasteiger partial charge < -0.3 is 0 Å². The number of hydrogen-bond acceptors (Lipinski definition) is 2. The first kappa shape index (κ1) is 10.5. The zero-order valence-electron chi connectivity index (χ0n) is 8.68. The molecular weight excluding hydrogens is 164 g/mol. The molecule has 1 saturated heterocycles. The molecule has 76 valence electrons. The lowest BCUT2D eigenvalue weighted by molar-refractivity contribution is -0.133. The highest BCUT2D eigenvalue weighted by Gasteiger charge is 2.15. The molecule has 0 aliphatic carbocycles. The Bertz CT molecular complexity index is 168. The molecule has 3 heteroatoms. The molecule has 0 aromatic carbocycles. The Kier molecular flexibility index (Phi) is 4.22. The van der Waals surface area contributed by atoms with Crippen molar-refractivity contribution in [3.8, 4) is 0 Å². The zero-order chi connectivity index (χ0) is 9.68. The molecule has 1 fully saturated rings. The van der Waals surface area contributed by atoms with Crippen molar-refractivity contribution in [2.45, 2.75) is 39.5 Å².